The summed E-state index contributed by atoms with van der Waals surface area (Å²) in [4.78, 5) is 12.5. The van der Waals surface area contributed by atoms with E-state index in [0.717, 1.165) is 46.6 Å². The van der Waals surface area contributed by atoms with E-state index in [-0.39, 0.29) is 5.91 Å². The predicted molar refractivity (Wildman–Crippen MR) is 127 cm³/mol. The number of carbonyl (C=O) groups excluding carboxylic acids is 1. The smallest absolute Gasteiger partial charge is 0.234 e. The zero-order chi connectivity index (χ0) is 22.1. The highest BCUT2D eigenvalue weighted by atomic mass is 32.2. The minimum Gasteiger partial charge on any atom is -0.497 e. The van der Waals surface area contributed by atoms with Gasteiger partial charge in [0.15, 0.2) is 5.16 Å². The summed E-state index contributed by atoms with van der Waals surface area (Å²) in [5.74, 6) is 4.83. The van der Waals surface area contributed by atoms with Crippen molar-refractivity contribution in [1.29, 1.82) is 0 Å². The first-order valence-electron chi connectivity index (χ1n) is 11.7. The standard InChI is InChI=1S/C25H32N4O2S/c1-3-8-29-22(15-25-12-17-9-18(13-25)11-19(10-17)14-25)27-28-24(29)32-16-23(30)26-20-4-6-21(31-2)7-5-20/h3-7,17-19H,1,8-16H2,2H3,(H,26,30). The van der Waals surface area contributed by atoms with Gasteiger partial charge in [-0.3, -0.25) is 4.79 Å². The molecule has 0 spiro atoms. The number of carbonyl (C=O) groups is 1. The fourth-order valence-corrected chi connectivity index (χ4v) is 7.48. The van der Waals surface area contributed by atoms with Crippen molar-refractivity contribution >= 4 is 23.4 Å². The van der Waals surface area contributed by atoms with Crippen molar-refractivity contribution in [2.24, 2.45) is 23.2 Å². The number of nitrogens with zero attached hydrogens (tertiary/aromatic N) is 3. The summed E-state index contributed by atoms with van der Waals surface area (Å²) in [6.07, 6.45) is 11.3. The van der Waals surface area contributed by atoms with Crippen molar-refractivity contribution in [3.63, 3.8) is 0 Å². The van der Waals surface area contributed by atoms with Gasteiger partial charge in [0.2, 0.25) is 5.91 Å². The van der Waals surface area contributed by atoms with Crippen molar-refractivity contribution in [1.82, 2.24) is 14.8 Å². The Labute approximate surface area is 194 Å². The third-order valence-electron chi connectivity index (χ3n) is 7.51. The maximum absolute atomic E-state index is 12.5. The maximum atomic E-state index is 12.5. The first-order valence-corrected chi connectivity index (χ1v) is 12.6. The van der Waals surface area contributed by atoms with Gasteiger partial charge in [0, 0.05) is 18.7 Å². The van der Waals surface area contributed by atoms with Gasteiger partial charge < -0.3 is 14.6 Å². The molecule has 0 unspecified atom stereocenters. The molecule has 4 fully saturated rings. The van der Waals surface area contributed by atoms with Crippen LogP contribution in [-0.2, 0) is 17.8 Å². The summed E-state index contributed by atoms with van der Waals surface area (Å²) >= 11 is 1.44. The van der Waals surface area contributed by atoms with Crippen molar-refractivity contribution in [3.8, 4) is 5.75 Å². The van der Waals surface area contributed by atoms with Gasteiger partial charge in [0.1, 0.15) is 11.6 Å². The molecule has 2 aromatic rings. The van der Waals surface area contributed by atoms with E-state index in [0.29, 0.717) is 17.7 Å². The number of anilines is 1. The minimum absolute atomic E-state index is 0.0593. The van der Waals surface area contributed by atoms with Gasteiger partial charge in [-0.2, -0.15) is 0 Å². The first kappa shape index (κ1) is 21.6. The van der Waals surface area contributed by atoms with Crippen LogP contribution >= 0.6 is 11.8 Å². The highest BCUT2D eigenvalue weighted by Crippen LogP contribution is 2.61. The average molecular weight is 453 g/mol. The predicted octanol–water partition coefficient (Wildman–Crippen LogP) is 4.96. The molecule has 6 nitrogen and oxygen atoms in total. The summed E-state index contributed by atoms with van der Waals surface area (Å²) in [6, 6.07) is 7.34. The van der Waals surface area contributed by atoms with Gasteiger partial charge in [-0.15, -0.1) is 16.8 Å². The van der Waals surface area contributed by atoms with E-state index < -0.39 is 0 Å². The third-order valence-corrected chi connectivity index (χ3v) is 8.48. The lowest BCUT2D eigenvalue weighted by Crippen LogP contribution is -2.47. The van der Waals surface area contributed by atoms with Crippen LogP contribution in [0.3, 0.4) is 0 Å². The molecule has 7 heteroatoms. The quantitative estimate of drug-likeness (QED) is 0.430. The molecule has 170 valence electrons. The maximum Gasteiger partial charge on any atom is 0.234 e. The molecule has 0 radical (unpaired) electrons. The highest BCUT2D eigenvalue weighted by molar-refractivity contribution is 7.99. The molecule has 0 aliphatic heterocycles. The number of hydrogen-bond donors (Lipinski definition) is 1. The minimum atomic E-state index is -0.0593. The van der Waals surface area contributed by atoms with Crippen LogP contribution in [0.1, 0.15) is 44.3 Å². The van der Waals surface area contributed by atoms with Gasteiger partial charge in [-0.05, 0) is 86.0 Å². The van der Waals surface area contributed by atoms with Crippen LogP contribution in [0, 0.1) is 23.2 Å². The molecule has 4 aliphatic rings. The van der Waals surface area contributed by atoms with Crippen molar-refractivity contribution in [2.45, 2.75) is 56.6 Å². The van der Waals surface area contributed by atoms with Crippen LogP contribution in [0.2, 0.25) is 0 Å². The number of ether oxygens (including phenoxy) is 1. The second kappa shape index (κ2) is 8.93. The fourth-order valence-electron chi connectivity index (χ4n) is 6.71. The molecule has 4 saturated carbocycles. The Morgan fingerprint density at radius 2 is 1.84 bits per heavy atom. The Bertz CT molecular complexity index is 949. The summed E-state index contributed by atoms with van der Waals surface area (Å²) < 4.78 is 7.33. The van der Waals surface area contributed by atoms with Gasteiger partial charge in [0.05, 0.1) is 12.9 Å². The van der Waals surface area contributed by atoms with Gasteiger partial charge in [-0.25, -0.2) is 0 Å². The van der Waals surface area contributed by atoms with Gasteiger partial charge >= 0.3 is 0 Å². The van der Waals surface area contributed by atoms with E-state index in [1.807, 2.05) is 30.3 Å². The lowest BCUT2D eigenvalue weighted by molar-refractivity contribution is -0.113. The van der Waals surface area contributed by atoms with Crippen LogP contribution < -0.4 is 10.1 Å². The van der Waals surface area contributed by atoms with E-state index in [1.165, 1.54) is 50.3 Å². The van der Waals surface area contributed by atoms with E-state index in [4.69, 9.17) is 4.74 Å². The number of rotatable bonds is 9. The first-order chi connectivity index (χ1) is 15.6. The highest BCUT2D eigenvalue weighted by Gasteiger charge is 2.51. The summed E-state index contributed by atoms with van der Waals surface area (Å²) in [5, 5.41) is 12.8. The van der Waals surface area contributed by atoms with Crippen LogP contribution in [0.4, 0.5) is 5.69 Å². The topological polar surface area (TPSA) is 69.0 Å². The zero-order valence-electron chi connectivity index (χ0n) is 18.8. The molecule has 0 atom stereocenters. The number of allylic oxidation sites excluding steroid dienone is 1. The SMILES string of the molecule is C=CCn1c(CC23CC4CC(CC(C4)C2)C3)nnc1SCC(=O)Nc1ccc(OC)cc1. The Morgan fingerprint density at radius 3 is 2.44 bits per heavy atom. The largest absolute Gasteiger partial charge is 0.497 e. The Morgan fingerprint density at radius 1 is 1.19 bits per heavy atom. The van der Waals surface area contributed by atoms with Crippen molar-refractivity contribution in [3.05, 3.63) is 42.7 Å². The van der Waals surface area contributed by atoms with Gasteiger partial charge in [0.25, 0.3) is 0 Å². The van der Waals surface area contributed by atoms with Crippen LogP contribution in [0.15, 0.2) is 42.1 Å². The second-order valence-corrected chi connectivity index (χ2v) is 10.9. The molecular formula is C25H32N4O2S. The van der Waals surface area contributed by atoms with Crippen LogP contribution in [-0.4, -0.2) is 33.5 Å². The number of thioether (sulfide) groups is 1. The number of nitrogens with one attached hydrogen (secondary N) is 1. The van der Waals surface area contributed by atoms with E-state index >= 15 is 0 Å². The normalized spacial score (nSPS) is 28.0. The summed E-state index contributed by atoms with van der Waals surface area (Å²) in [5.41, 5.74) is 1.17. The van der Waals surface area contributed by atoms with Crippen LogP contribution in [0.25, 0.3) is 0 Å². The molecule has 1 amide bonds. The van der Waals surface area contributed by atoms with Crippen molar-refractivity contribution in [2.75, 3.05) is 18.2 Å². The molecule has 1 heterocycles. The average Bonchev–Trinajstić information content (AvgIpc) is 3.13. The third kappa shape index (κ3) is 4.45. The number of hydrogen-bond acceptors (Lipinski definition) is 5. The number of methoxy groups -OCH3 is 1. The molecule has 4 bridgehead atoms. The summed E-state index contributed by atoms with van der Waals surface area (Å²) in [7, 11) is 1.63. The van der Waals surface area contributed by atoms with Crippen molar-refractivity contribution < 1.29 is 9.53 Å². The zero-order valence-corrected chi connectivity index (χ0v) is 19.6. The molecule has 1 N–H and O–H groups in total. The Hall–Kier alpha value is -2.28. The molecule has 1 aromatic heterocycles. The fraction of sp³-hybridized carbons (Fsp3) is 0.560. The monoisotopic (exact) mass is 452 g/mol. The Kier molecular flexibility index (Phi) is 6.01. The number of amides is 1. The number of aromatic nitrogens is 3. The Balaban J connectivity index is 1.24. The lowest BCUT2D eigenvalue weighted by Gasteiger charge is -2.56. The van der Waals surface area contributed by atoms with E-state index in [9.17, 15) is 4.79 Å². The number of benzene rings is 1. The second-order valence-electron chi connectivity index (χ2n) is 9.96. The van der Waals surface area contributed by atoms with E-state index in [2.05, 4.69) is 26.7 Å². The lowest BCUT2D eigenvalue weighted by atomic mass is 9.49. The molecule has 1 aromatic carbocycles. The molecule has 0 saturated heterocycles. The molecule has 4 aliphatic carbocycles. The van der Waals surface area contributed by atoms with E-state index in [1.54, 1.807) is 7.11 Å². The summed E-state index contributed by atoms with van der Waals surface area (Å²) in [6.45, 7) is 4.61. The molecule has 6 rings (SSSR count). The van der Waals surface area contributed by atoms with Gasteiger partial charge in [-0.1, -0.05) is 17.8 Å². The van der Waals surface area contributed by atoms with Crippen LogP contribution in [0.5, 0.6) is 5.75 Å². The molecular weight excluding hydrogens is 420 g/mol. The molecule has 32 heavy (non-hydrogen) atoms.